The molecule has 6 heteroatoms. The zero-order valence-corrected chi connectivity index (χ0v) is 12.8. The van der Waals surface area contributed by atoms with Gasteiger partial charge in [-0.15, -0.1) is 11.3 Å². The van der Waals surface area contributed by atoms with Crippen LogP contribution in [0, 0.1) is 5.41 Å². The van der Waals surface area contributed by atoms with Gasteiger partial charge in [0.15, 0.2) is 0 Å². The van der Waals surface area contributed by atoms with E-state index in [1.54, 1.807) is 18.4 Å². The number of hydrogen-bond acceptors (Lipinski definition) is 5. The van der Waals surface area contributed by atoms with Crippen molar-refractivity contribution in [2.24, 2.45) is 5.41 Å². The largest absolute Gasteiger partial charge is 0.384 e. The second-order valence-corrected chi connectivity index (χ2v) is 6.34. The molecule has 0 unspecified atom stereocenters. The molecule has 0 spiro atoms. The molecule has 112 valence electrons. The van der Waals surface area contributed by atoms with Crippen molar-refractivity contribution < 1.29 is 9.53 Å². The molecule has 1 aliphatic heterocycles. The summed E-state index contributed by atoms with van der Waals surface area (Å²) >= 11 is 1.58. The number of methoxy groups -OCH3 is 1. The third-order valence-electron chi connectivity index (χ3n) is 4.05. The second-order valence-electron chi connectivity index (χ2n) is 5.45. The number of aromatic nitrogens is 1. The molecule has 0 radical (unpaired) electrons. The van der Waals surface area contributed by atoms with Gasteiger partial charge in [-0.2, -0.15) is 0 Å². The number of ether oxygens (including phenoxy) is 1. The zero-order valence-electron chi connectivity index (χ0n) is 12.0. The average Bonchev–Trinajstić information content (AvgIpc) is 2.96. The summed E-state index contributed by atoms with van der Waals surface area (Å²) in [6, 6.07) is 5.82. The summed E-state index contributed by atoms with van der Waals surface area (Å²) in [7, 11) is 1.65. The molecule has 3 rings (SSSR count). The van der Waals surface area contributed by atoms with Crippen LogP contribution in [0.2, 0.25) is 0 Å². The van der Waals surface area contributed by atoms with Crippen molar-refractivity contribution in [2.75, 3.05) is 32.1 Å². The molecular formula is C15H19N3O2S. The molecule has 21 heavy (non-hydrogen) atoms. The van der Waals surface area contributed by atoms with Crippen molar-refractivity contribution in [3.63, 3.8) is 0 Å². The summed E-state index contributed by atoms with van der Waals surface area (Å²) in [6.07, 6.45) is 1.60. The molecule has 2 heterocycles. The van der Waals surface area contributed by atoms with E-state index in [1.165, 1.54) is 0 Å². The van der Waals surface area contributed by atoms with Gasteiger partial charge in [-0.3, -0.25) is 4.79 Å². The Morgan fingerprint density at radius 1 is 1.48 bits per heavy atom. The molecule has 5 nitrogen and oxygen atoms in total. The first-order chi connectivity index (χ1) is 10.2. The standard InChI is InChI=1S/C15H19N3O2S/c1-20-9-15(4-6-16-7-5-15)14(19)18-11-2-3-12-13(8-11)21-10-17-12/h2-3,8,10,16H,4-7,9H2,1H3,(H,18,19). The van der Waals surface area contributed by atoms with Gasteiger partial charge in [-0.25, -0.2) is 4.98 Å². The van der Waals surface area contributed by atoms with Crippen molar-refractivity contribution in [1.29, 1.82) is 0 Å². The maximum absolute atomic E-state index is 12.7. The van der Waals surface area contributed by atoms with Crippen molar-refractivity contribution in [1.82, 2.24) is 10.3 Å². The Morgan fingerprint density at radius 3 is 3.05 bits per heavy atom. The molecule has 2 N–H and O–H groups in total. The van der Waals surface area contributed by atoms with Crippen molar-refractivity contribution >= 4 is 33.1 Å². The van der Waals surface area contributed by atoms with E-state index >= 15 is 0 Å². The number of piperidine rings is 1. The Morgan fingerprint density at radius 2 is 2.29 bits per heavy atom. The Kier molecular flexibility index (Phi) is 4.19. The van der Waals surface area contributed by atoms with Crippen LogP contribution in [0.5, 0.6) is 0 Å². The van der Waals surface area contributed by atoms with Crippen LogP contribution in [-0.4, -0.2) is 37.7 Å². The minimum Gasteiger partial charge on any atom is -0.384 e. The van der Waals surface area contributed by atoms with Gasteiger partial charge in [0.05, 0.1) is 27.7 Å². The van der Waals surface area contributed by atoms with E-state index < -0.39 is 5.41 Å². The van der Waals surface area contributed by atoms with Gasteiger partial charge in [-0.05, 0) is 44.1 Å². The number of thiazole rings is 1. The Bertz CT molecular complexity index is 629. The Balaban J connectivity index is 1.79. The molecule has 0 atom stereocenters. The van der Waals surface area contributed by atoms with E-state index in [0.717, 1.165) is 41.8 Å². The van der Waals surface area contributed by atoms with E-state index in [1.807, 2.05) is 23.7 Å². The molecular weight excluding hydrogens is 286 g/mol. The van der Waals surface area contributed by atoms with Crippen LogP contribution in [0.15, 0.2) is 23.7 Å². The molecule has 1 saturated heterocycles. The van der Waals surface area contributed by atoms with Gasteiger partial charge in [0, 0.05) is 12.8 Å². The first-order valence-electron chi connectivity index (χ1n) is 7.08. The summed E-state index contributed by atoms with van der Waals surface area (Å²) in [6.45, 7) is 2.17. The van der Waals surface area contributed by atoms with Crippen LogP contribution in [0.1, 0.15) is 12.8 Å². The average molecular weight is 305 g/mol. The van der Waals surface area contributed by atoms with Crippen molar-refractivity contribution in [2.45, 2.75) is 12.8 Å². The van der Waals surface area contributed by atoms with Crippen LogP contribution in [0.4, 0.5) is 5.69 Å². The van der Waals surface area contributed by atoms with Gasteiger partial charge in [-0.1, -0.05) is 0 Å². The van der Waals surface area contributed by atoms with E-state index in [9.17, 15) is 4.79 Å². The number of hydrogen-bond donors (Lipinski definition) is 2. The molecule has 0 saturated carbocycles. The second kappa shape index (κ2) is 6.09. The number of nitrogens with one attached hydrogen (secondary N) is 2. The number of nitrogens with zero attached hydrogens (tertiary/aromatic N) is 1. The van der Waals surface area contributed by atoms with Crippen LogP contribution in [-0.2, 0) is 9.53 Å². The van der Waals surface area contributed by atoms with Gasteiger partial charge in [0.1, 0.15) is 0 Å². The Labute approximate surface area is 127 Å². The Hall–Kier alpha value is -1.50. The number of fused-ring (bicyclic) bond motifs is 1. The smallest absolute Gasteiger partial charge is 0.233 e. The fraction of sp³-hybridized carbons (Fsp3) is 0.467. The zero-order chi connectivity index (χ0) is 14.7. The van der Waals surface area contributed by atoms with Gasteiger partial charge in [0.2, 0.25) is 5.91 Å². The number of anilines is 1. The molecule has 1 amide bonds. The lowest BCUT2D eigenvalue weighted by atomic mass is 9.78. The lowest BCUT2D eigenvalue weighted by Gasteiger charge is -2.35. The van der Waals surface area contributed by atoms with Crippen LogP contribution in [0.3, 0.4) is 0 Å². The summed E-state index contributed by atoms with van der Waals surface area (Å²) in [5, 5.41) is 6.35. The highest BCUT2D eigenvalue weighted by Crippen LogP contribution is 2.31. The van der Waals surface area contributed by atoms with Crippen LogP contribution in [0.25, 0.3) is 10.2 Å². The topological polar surface area (TPSA) is 63.2 Å². The maximum Gasteiger partial charge on any atom is 0.233 e. The van der Waals surface area contributed by atoms with Gasteiger partial charge >= 0.3 is 0 Å². The number of benzene rings is 1. The normalized spacial score (nSPS) is 17.8. The monoisotopic (exact) mass is 305 g/mol. The molecule has 1 aliphatic rings. The number of carbonyl (C=O) groups is 1. The quantitative estimate of drug-likeness (QED) is 0.909. The summed E-state index contributed by atoms with van der Waals surface area (Å²) < 4.78 is 6.39. The fourth-order valence-electron chi connectivity index (χ4n) is 2.82. The number of rotatable bonds is 4. The summed E-state index contributed by atoms with van der Waals surface area (Å²) in [5.74, 6) is 0.0507. The van der Waals surface area contributed by atoms with E-state index in [-0.39, 0.29) is 5.91 Å². The minimum atomic E-state index is -0.428. The fourth-order valence-corrected chi connectivity index (χ4v) is 3.53. The van der Waals surface area contributed by atoms with Crippen molar-refractivity contribution in [3.05, 3.63) is 23.7 Å². The highest BCUT2D eigenvalue weighted by molar-refractivity contribution is 7.16. The molecule has 1 aromatic carbocycles. The molecule has 2 aromatic rings. The molecule has 1 aromatic heterocycles. The van der Waals surface area contributed by atoms with Gasteiger partial charge in [0.25, 0.3) is 0 Å². The van der Waals surface area contributed by atoms with Crippen molar-refractivity contribution in [3.8, 4) is 0 Å². The van der Waals surface area contributed by atoms with E-state index in [4.69, 9.17) is 4.74 Å². The lowest BCUT2D eigenvalue weighted by molar-refractivity contribution is -0.130. The number of carbonyl (C=O) groups excluding carboxylic acids is 1. The third-order valence-corrected chi connectivity index (χ3v) is 4.84. The van der Waals surface area contributed by atoms with E-state index in [2.05, 4.69) is 15.6 Å². The predicted molar refractivity (Wildman–Crippen MR) is 84.7 cm³/mol. The third kappa shape index (κ3) is 2.92. The summed E-state index contributed by atoms with van der Waals surface area (Å²) in [4.78, 5) is 17.0. The van der Waals surface area contributed by atoms with Gasteiger partial charge < -0.3 is 15.4 Å². The highest BCUT2D eigenvalue weighted by Gasteiger charge is 2.39. The first kappa shape index (κ1) is 14.4. The molecule has 0 bridgehead atoms. The number of amides is 1. The molecule has 0 aliphatic carbocycles. The highest BCUT2D eigenvalue weighted by atomic mass is 32.1. The van der Waals surface area contributed by atoms with Crippen LogP contribution < -0.4 is 10.6 Å². The SMILES string of the molecule is COCC1(C(=O)Nc2ccc3ncsc3c2)CCNCC1. The predicted octanol–water partition coefficient (Wildman–Crippen LogP) is 2.25. The summed E-state index contributed by atoms with van der Waals surface area (Å²) in [5.41, 5.74) is 3.18. The minimum absolute atomic E-state index is 0.0507. The van der Waals surface area contributed by atoms with Crippen LogP contribution >= 0.6 is 11.3 Å². The first-order valence-corrected chi connectivity index (χ1v) is 7.96. The lowest BCUT2D eigenvalue weighted by Crippen LogP contribution is -2.47. The maximum atomic E-state index is 12.7. The van der Waals surface area contributed by atoms with E-state index in [0.29, 0.717) is 6.61 Å². The molecule has 1 fully saturated rings.